The van der Waals surface area contributed by atoms with Gasteiger partial charge in [0.15, 0.2) is 0 Å². The van der Waals surface area contributed by atoms with Crippen molar-refractivity contribution in [1.29, 1.82) is 0 Å². The molecule has 2 amide bonds. The highest BCUT2D eigenvalue weighted by Crippen LogP contribution is 2.30. The van der Waals surface area contributed by atoms with E-state index in [1.165, 1.54) is 35.4 Å². The number of pyridine rings is 1. The van der Waals surface area contributed by atoms with Gasteiger partial charge in [0.25, 0.3) is 0 Å². The lowest BCUT2D eigenvalue weighted by molar-refractivity contribution is -0.116. The normalized spacial score (nSPS) is 21.3. The predicted octanol–water partition coefficient (Wildman–Crippen LogP) is 5.50. The SMILES string of the molecule is CC1(CN(C[C@H]2CO[C@H](CCc3c(F)cncc3NC(=O)CC(c3ccc(F)cc3)c3ccc(F)cc3)CN2)C(=O)O)CCCO1. The van der Waals surface area contributed by atoms with Crippen molar-refractivity contribution in [2.45, 2.75) is 62.7 Å². The molecular weight excluding hydrogens is 601 g/mol. The molecule has 2 aromatic carbocycles. The van der Waals surface area contributed by atoms with E-state index < -0.39 is 41.0 Å². The molecule has 1 unspecified atom stereocenters. The van der Waals surface area contributed by atoms with E-state index >= 15 is 0 Å². The van der Waals surface area contributed by atoms with Gasteiger partial charge in [-0.05, 0) is 68.0 Å². The maximum absolute atomic E-state index is 15.0. The Kier molecular flexibility index (Phi) is 10.9. The van der Waals surface area contributed by atoms with Crippen LogP contribution in [0.4, 0.5) is 23.7 Å². The third-order valence-corrected chi connectivity index (χ3v) is 8.63. The fourth-order valence-electron chi connectivity index (χ4n) is 6.15. The standard InChI is InChI=1S/C34H39F3N4O5/c1-34(13-2-14-46-34)21-41(33(43)44)19-26-20-45-27(16-39-26)11-12-28-30(37)17-38-18-31(28)40-32(42)15-29(22-3-7-24(35)8-4-22)23-5-9-25(36)10-6-23/h3-10,17-18,26-27,29,39H,2,11-16,19-21H2,1H3,(H,40,42)(H,43,44)/t26-,27+,34?/m0/s1. The largest absolute Gasteiger partial charge is 0.465 e. The summed E-state index contributed by atoms with van der Waals surface area (Å²) >= 11 is 0. The lowest BCUT2D eigenvalue weighted by Crippen LogP contribution is -2.54. The second-order valence-corrected chi connectivity index (χ2v) is 12.2. The molecule has 3 N–H and O–H groups in total. The Morgan fingerprint density at radius 2 is 1.76 bits per heavy atom. The van der Waals surface area contributed by atoms with Crippen LogP contribution in [-0.2, 0) is 20.7 Å². The zero-order valence-corrected chi connectivity index (χ0v) is 25.7. The van der Waals surface area contributed by atoms with Crippen LogP contribution in [0.5, 0.6) is 0 Å². The van der Waals surface area contributed by atoms with Crippen molar-refractivity contribution in [2.24, 2.45) is 0 Å². The van der Waals surface area contributed by atoms with Gasteiger partial charge in [-0.3, -0.25) is 9.78 Å². The molecule has 0 saturated carbocycles. The highest BCUT2D eigenvalue weighted by molar-refractivity contribution is 5.92. The smallest absolute Gasteiger partial charge is 0.407 e. The summed E-state index contributed by atoms with van der Waals surface area (Å²) in [6, 6.07) is 11.3. The summed E-state index contributed by atoms with van der Waals surface area (Å²) in [5, 5.41) is 15.9. The van der Waals surface area contributed by atoms with E-state index in [2.05, 4.69) is 15.6 Å². The van der Waals surface area contributed by atoms with E-state index in [1.54, 1.807) is 24.3 Å². The van der Waals surface area contributed by atoms with E-state index in [4.69, 9.17) is 9.47 Å². The minimum absolute atomic E-state index is 0.0527. The number of anilines is 1. The molecule has 3 atom stereocenters. The topological polar surface area (TPSA) is 113 Å². The van der Waals surface area contributed by atoms with Gasteiger partial charge in [0, 0.05) is 43.6 Å². The van der Waals surface area contributed by atoms with Crippen LogP contribution < -0.4 is 10.6 Å². The van der Waals surface area contributed by atoms with Gasteiger partial charge in [0.05, 0.1) is 42.9 Å². The first-order chi connectivity index (χ1) is 22.1. The molecule has 5 rings (SSSR count). The first-order valence-corrected chi connectivity index (χ1v) is 15.5. The number of nitrogens with zero attached hydrogens (tertiary/aromatic N) is 2. The van der Waals surface area contributed by atoms with Gasteiger partial charge in [-0.25, -0.2) is 18.0 Å². The molecule has 46 heavy (non-hydrogen) atoms. The summed E-state index contributed by atoms with van der Waals surface area (Å²) in [7, 11) is 0. The number of carbonyl (C=O) groups excluding carboxylic acids is 1. The van der Waals surface area contributed by atoms with Gasteiger partial charge < -0.3 is 30.1 Å². The molecule has 12 heteroatoms. The van der Waals surface area contributed by atoms with Crippen LogP contribution in [0.15, 0.2) is 60.9 Å². The average molecular weight is 641 g/mol. The Labute approximate surface area is 266 Å². The number of benzene rings is 2. The van der Waals surface area contributed by atoms with Crippen LogP contribution in [0, 0.1) is 17.5 Å². The average Bonchev–Trinajstić information content (AvgIpc) is 3.47. The summed E-state index contributed by atoms with van der Waals surface area (Å²) in [5.41, 5.74) is 1.39. The van der Waals surface area contributed by atoms with Crippen molar-refractivity contribution in [3.63, 3.8) is 0 Å². The number of hydrogen-bond donors (Lipinski definition) is 3. The molecule has 2 aliphatic rings. The van der Waals surface area contributed by atoms with Gasteiger partial charge in [-0.1, -0.05) is 24.3 Å². The fraction of sp³-hybridized carbons (Fsp3) is 0.441. The van der Waals surface area contributed by atoms with Gasteiger partial charge in [-0.2, -0.15) is 0 Å². The maximum Gasteiger partial charge on any atom is 0.407 e. The van der Waals surface area contributed by atoms with E-state index in [0.29, 0.717) is 37.3 Å². The van der Waals surface area contributed by atoms with Crippen molar-refractivity contribution >= 4 is 17.7 Å². The molecule has 2 saturated heterocycles. The number of amides is 2. The second-order valence-electron chi connectivity index (χ2n) is 12.2. The summed E-state index contributed by atoms with van der Waals surface area (Å²) in [6.07, 6.45) is 3.61. The lowest BCUT2D eigenvalue weighted by Gasteiger charge is -2.36. The lowest BCUT2D eigenvalue weighted by atomic mass is 9.88. The van der Waals surface area contributed by atoms with Gasteiger partial charge in [-0.15, -0.1) is 0 Å². The van der Waals surface area contributed by atoms with Gasteiger partial charge in [0.2, 0.25) is 5.91 Å². The highest BCUT2D eigenvalue weighted by Gasteiger charge is 2.35. The summed E-state index contributed by atoms with van der Waals surface area (Å²) in [5.74, 6) is -2.30. The molecule has 246 valence electrons. The van der Waals surface area contributed by atoms with Crippen molar-refractivity contribution in [3.05, 3.63) is 95.1 Å². The van der Waals surface area contributed by atoms with Crippen LogP contribution in [0.25, 0.3) is 0 Å². The molecule has 0 bridgehead atoms. The number of hydrogen-bond acceptors (Lipinski definition) is 6. The Morgan fingerprint density at radius 3 is 2.33 bits per heavy atom. The van der Waals surface area contributed by atoms with E-state index in [1.807, 2.05) is 6.92 Å². The summed E-state index contributed by atoms with van der Waals surface area (Å²) in [4.78, 5) is 30.5. The molecule has 0 spiro atoms. The minimum atomic E-state index is -1.01. The molecule has 3 heterocycles. The number of ether oxygens (including phenoxy) is 2. The number of rotatable bonds is 12. The zero-order valence-electron chi connectivity index (χ0n) is 25.7. The quantitative estimate of drug-likeness (QED) is 0.240. The van der Waals surface area contributed by atoms with Crippen molar-refractivity contribution < 1.29 is 37.3 Å². The second kappa shape index (κ2) is 15.1. The van der Waals surface area contributed by atoms with Crippen LogP contribution in [0.1, 0.15) is 55.2 Å². The number of morpholine rings is 1. The Bertz CT molecular complexity index is 1430. The maximum atomic E-state index is 15.0. The number of halogens is 3. The monoisotopic (exact) mass is 640 g/mol. The molecular formula is C34H39F3N4O5. The fourth-order valence-corrected chi connectivity index (χ4v) is 6.15. The molecule has 0 aliphatic carbocycles. The number of carbonyl (C=O) groups is 2. The number of nitrogens with one attached hydrogen (secondary N) is 2. The third-order valence-electron chi connectivity index (χ3n) is 8.63. The molecule has 3 aromatic rings. The number of aromatic nitrogens is 1. The predicted molar refractivity (Wildman–Crippen MR) is 165 cm³/mol. The highest BCUT2D eigenvalue weighted by atomic mass is 19.1. The van der Waals surface area contributed by atoms with Gasteiger partial charge in [0.1, 0.15) is 17.5 Å². The van der Waals surface area contributed by atoms with E-state index in [0.717, 1.165) is 19.0 Å². The molecule has 0 radical (unpaired) electrons. The van der Waals surface area contributed by atoms with Crippen LogP contribution >= 0.6 is 0 Å². The molecule has 1 aromatic heterocycles. The molecule has 9 nitrogen and oxygen atoms in total. The van der Waals surface area contributed by atoms with Crippen LogP contribution in [-0.4, -0.2) is 77.6 Å². The summed E-state index contributed by atoms with van der Waals surface area (Å²) < 4.78 is 54.0. The van der Waals surface area contributed by atoms with Crippen molar-refractivity contribution in [1.82, 2.24) is 15.2 Å². The van der Waals surface area contributed by atoms with E-state index in [-0.39, 0.29) is 49.3 Å². The molecule has 2 aliphatic heterocycles. The summed E-state index contributed by atoms with van der Waals surface area (Å²) in [6.45, 7) is 3.86. The van der Waals surface area contributed by atoms with Crippen LogP contribution in [0.3, 0.4) is 0 Å². The minimum Gasteiger partial charge on any atom is -0.465 e. The van der Waals surface area contributed by atoms with Gasteiger partial charge >= 0.3 is 6.09 Å². The van der Waals surface area contributed by atoms with Crippen molar-refractivity contribution in [2.75, 3.05) is 38.2 Å². The Balaban J connectivity index is 1.17. The first kappa shape index (κ1) is 33.4. The van der Waals surface area contributed by atoms with Crippen LogP contribution in [0.2, 0.25) is 0 Å². The first-order valence-electron chi connectivity index (χ1n) is 15.5. The number of carboxylic acid groups (broad SMARTS) is 1. The third kappa shape index (κ3) is 8.83. The van der Waals surface area contributed by atoms with E-state index in [9.17, 15) is 27.9 Å². The zero-order chi connectivity index (χ0) is 32.7. The molecule has 2 fully saturated rings. The Hall–Kier alpha value is -4.00. The Morgan fingerprint density at radius 1 is 1.09 bits per heavy atom. The van der Waals surface area contributed by atoms with Crippen molar-refractivity contribution in [3.8, 4) is 0 Å².